The lowest BCUT2D eigenvalue weighted by Crippen LogP contribution is -2.55. The van der Waals surface area contributed by atoms with E-state index in [-0.39, 0.29) is 24.8 Å². The van der Waals surface area contributed by atoms with Gasteiger partial charge in [-0.25, -0.2) is 0 Å². The Bertz CT molecular complexity index is 1090. The Labute approximate surface area is 204 Å². The third kappa shape index (κ3) is 5.36. The molecular weight excluding hydrogens is 450 g/mol. The maximum atomic E-state index is 13.1. The Morgan fingerprint density at radius 1 is 1.00 bits per heavy atom. The number of hydrogen-bond donors (Lipinski definition) is 2. The molecule has 0 bridgehead atoms. The normalized spacial score (nSPS) is 17.7. The zero-order valence-corrected chi connectivity index (χ0v) is 20.0. The third-order valence-corrected chi connectivity index (χ3v) is 6.51. The number of aliphatic carboxylic acids is 1. The number of rotatable bonds is 9. The van der Waals surface area contributed by atoms with Crippen molar-refractivity contribution in [3.05, 3.63) is 47.5 Å². The molecule has 3 amide bonds. The number of carboxylic acid groups (broad SMARTS) is 1. The van der Waals surface area contributed by atoms with Crippen molar-refractivity contribution in [2.45, 2.75) is 38.8 Å². The van der Waals surface area contributed by atoms with E-state index in [1.165, 1.54) is 0 Å². The minimum absolute atomic E-state index is 0.00862. The number of carbonyl (C=O) groups is 4. The van der Waals surface area contributed by atoms with Crippen LogP contribution in [0.25, 0.3) is 10.8 Å². The second-order valence-corrected chi connectivity index (χ2v) is 9.47. The average Bonchev–Trinajstić information content (AvgIpc) is 3.08. The van der Waals surface area contributed by atoms with E-state index in [0.717, 1.165) is 15.7 Å². The van der Waals surface area contributed by atoms with Gasteiger partial charge in [0.2, 0.25) is 5.91 Å². The molecule has 4 rings (SSSR count). The predicted octanol–water partition coefficient (Wildman–Crippen LogP) is 2.14. The largest absolute Gasteiger partial charge is 0.480 e. The number of morpholine rings is 1. The predicted molar refractivity (Wildman–Crippen MR) is 129 cm³/mol. The van der Waals surface area contributed by atoms with Crippen molar-refractivity contribution >= 4 is 34.5 Å². The highest BCUT2D eigenvalue weighted by atomic mass is 16.5. The molecule has 2 aromatic rings. The smallest absolute Gasteiger partial charge is 0.320 e. The maximum absolute atomic E-state index is 13.1. The van der Waals surface area contributed by atoms with Crippen molar-refractivity contribution in [3.8, 4) is 0 Å². The Hall–Kier alpha value is -3.30. The molecule has 2 aliphatic heterocycles. The van der Waals surface area contributed by atoms with Crippen molar-refractivity contribution in [3.63, 3.8) is 0 Å². The molecule has 0 radical (unpaired) electrons. The molecule has 2 aliphatic rings. The molecule has 2 heterocycles. The Kier molecular flexibility index (Phi) is 7.47. The van der Waals surface area contributed by atoms with Crippen LogP contribution in [0.4, 0.5) is 0 Å². The second kappa shape index (κ2) is 10.5. The lowest BCUT2D eigenvalue weighted by Gasteiger charge is -2.32. The third-order valence-electron chi connectivity index (χ3n) is 6.51. The SMILES string of the molecule is CC(C)C[C@H](N[C@H](CCN1C(=O)c2cc3ccccc3cc2C1=O)C(=O)O)C(=O)N1CCOCC1. The quantitative estimate of drug-likeness (QED) is 0.527. The van der Waals surface area contributed by atoms with Crippen molar-refractivity contribution < 1.29 is 29.0 Å². The number of carboxylic acids is 1. The van der Waals surface area contributed by atoms with Crippen LogP contribution in [-0.4, -0.2) is 83.5 Å². The summed E-state index contributed by atoms with van der Waals surface area (Å²) >= 11 is 0. The first-order valence-electron chi connectivity index (χ1n) is 12.0. The molecule has 0 unspecified atom stereocenters. The van der Waals surface area contributed by atoms with Gasteiger partial charge >= 0.3 is 5.97 Å². The fourth-order valence-electron chi connectivity index (χ4n) is 4.68. The zero-order valence-electron chi connectivity index (χ0n) is 20.0. The summed E-state index contributed by atoms with van der Waals surface area (Å²) in [6, 6.07) is 9.12. The van der Waals surface area contributed by atoms with Crippen LogP contribution >= 0.6 is 0 Å². The fourth-order valence-corrected chi connectivity index (χ4v) is 4.68. The number of amides is 3. The Balaban J connectivity index is 1.47. The number of ether oxygens (including phenoxy) is 1. The minimum atomic E-state index is -1.13. The monoisotopic (exact) mass is 481 g/mol. The molecule has 1 fully saturated rings. The van der Waals surface area contributed by atoms with Crippen LogP contribution in [0.2, 0.25) is 0 Å². The molecule has 186 valence electrons. The molecular formula is C26H31N3O6. The van der Waals surface area contributed by atoms with Gasteiger partial charge in [-0.05, 0) is 41.7 Å². The van der Waals surface area contributed by atoms with E-state index < -0.39 is 29.9 Å². The van der Waals surface area contributed by atoms with E-state index in [1.54, 1.807) is 17.0 Å². The molecule has 2 atom stereocenters. The first-order chi connectivity index (χ1) is 16.8. The molecule has 35 heavy (non-hydrogen) atoms. The zero-order chi connectivity index (χ0) is 25.1. The number of fused-ring (bicyclic) bond motifs is 2. The molecule has 2 N–H and O–H groups in total. The average molecular weight is 482 g/mol. The number of imide groups is 1. The molecule has 9 heteroatoms. The van der Waals surface area contributed by atoms with Gasteiger partial charge in [-0.15, -0.1) is 0 Å². The summed E-state index contributed by atoms with van der Waals surface area (Å²) in [7, 11) is 0. The topological polar surface area (TPSA) is 116 Å². The van der Waals surface area contributed by atoms with Gasteiger partial charge in [0, 0.05) is 19.6 Å². The molecule has 0 aromatic heterocycles. The summed E-state index contributed by atoms with van der Waals surface area (Å²) in [5.74, 6) is -1.97. The first kappa shape index (κ1) is 24.8. The van der Waals surface area contributed by atoms with Crippen molar-refractivity contribution in [2.75, 3.05) is 32.8 Å². The van der Waals surface area contributed by atoms with E-state index >= 15 is 0 Å². The van der Waals surface area contributed by atoms with Crippen molar-refractivity contribution in [2.24, 2.45) is 5.92 Å². The summed E-state index contributed by atoms with van der Waals surface area (Å²) in [6.07, 6.45) is 0.463. The molecule has 2 aromatic carbocycles. The van der Waals surface area contributed by atoms with Gasteiger partial charge in [-0.3, -0.25) is 29.4 Å². The van der Waals surface area contributed by atoms with Crippen molar-refractivity contribution in [1.29, 1.82) is 0 Å². The van der Waals surface area contributed by atoms with Crippen LogP contribution in [0.3, 0.4) is 0 Å². The standard InChI is InChI=1S/C26H31N3O6/c1-16(2)13-22(25(32)28-9-11-35-12-10-28)27-21(26(33)34)7-8-29-23(30)19-14-17-5-3-4-6-18(17)15-20(19)24(29)31/h3-6,14-16,21-22,27H,7-13H2,1-2H3,(H,33,34)/t21-,22+/m1/s1. The molecule has 1 saturated heterocycles. The van der Waals surface area contributed by atoms with E-state index in [0.29, 0.717) is 43.9 Å². The number of benzene rings is 2. The summed E-state index contributed by atoms with van der Waals surface area (Å²) in [5.41, 5.74) is 0.655. The van der Waals surface area contributed by atoms with Gasteiger partial charge in [0.05, 0.1) is 30.4 Å². The van der Waals surface area contributed by atoms with Gasteiger partial charge in [0.15, 0.2) is 0 Å². The van der Waals surface area contributed by atoms with Gasteiger partial charge in [-0.1, -0.05) is 38.1 Å². The lowest BCUT2D eigenvalue weighted by atomic mass is 10.0. The highest BCUT2D eigenvalue weighted by Crippen LogP contribution is 2.28. The van der Waals surface area contributed by atoms with E-state index in [4.69, 9.17) is 4.74 Å². The van der Waals surface area contributed by atoms with Crippen LogP contribution < -0.4 is 5.32 Å². The van der Waals surface area contributed by atoms with Gasteiger partial charge in [0.25, 0.3) is 11.8 Å². The van der Waals surface area contributed by atoms with E-state index in [9.17, 15) is 24.3 Å². The number of carbonyl (C=O) groups excluding carboxylic acids is 3. The van der Waals surface area contributed by atoms with Crippen LogP contribution in [0.1, 0.15) is 47.4 Å². The Morgan fingerprint density at radius 2 is 1.57 bits per heavy atom. The lowest BCUT2D eigenvalue weighted by molar-refractivity contribution is -0.142. The molecule has 0 aliphatic carbocycles. The van der Waals surface area contributed by atoms with Gasteiger partial charge in [-0.2, -0.15) is 0 Å². The highest BCUT2D eigenvalue weighted by Gasteiger charge is 2.37. The Morgan fingerprint density at radius 3 is 2.09 bits per heavy atom. The number of nitrogens with one attached hydrogen (secondary N) is 1. The summed E-state index contributed by atoms with van der Waals surface area (Å²) in [4.78, 5) is 53.9. The van der Waals surface area contributed by atoms with Gasteiger partial charge < -0.3 is 14.7 Å². The van der Waals surface area contributed by atoms with Crippen LogP contribution in [0, 0.1) is 5.92 Å². The number of hydrogen-bond acceptors (Lipinski definition) is 6. The maximum Gasteiger partial charge on any atom is 0.320 e. The fraction of sp³-hybridized carbons (Fsp3) is 0.462. The van der Waals surface area contributed by atoms with Crippen molar-refractivity contribution in [1.82, 2.24) is 15.1 Å². The molecule has 9 nitrogen and oxygen atoms in total. The van der Waals surface area contributed by atoms with Crippen LogP contribution in [0.15, 0.2) is 36.4 Å². The summed E-state index contributed by atoms with van der Waals surface area (Å²) in [5, 5.41) is 14.6. The van der Waals surface area contributed by atoms with E-state index in [2.05, 4.69) is 5.32 Å². The molecule has 0 saturated carbocycles. The second-order valence-electron chi connectivity index (χ2n) is 9.47. The van der Waals surface area contributed by atoms with Crippen LogP contribution in [-0.2, 0) is 14.3 Å². The van der Waals surface area contributed by atoms with Crippen LogP contribution in [0.5, 0.6) is 0 Å². The summed E-state index contributed by atoms with van der Waals surface area (Å²) < 4.78 is 5.32. The van der Waals surface area contributed by atoms with Gasteiger partial charge in [0.1, 0.15) is 6.04 Å². The number of nitrogens with zero attached hydrogens (tertiary/aromatic N) is 2. The molecule has 0 spiro atoms. The summed E-state index contributed by atoms with van der Waals surface area (Å²) in [6.45, 7) is 5.73. The minimum Gasteiger partial charge on any atom is -0.480 e. The highest BCUT2D eigenvalue weighted by molar-refractivity contribution is 6.23. The van der Waals surface area contributed by atoms with E-state index in [1.807, 2.05) is 38.1 Å². The first-order valence-corrected chi connectivity index (χ1v) is 12.0.